The minimum absolute atomic E-state index is 0.0159. The third-order valence-electron chi connectivity index (χ3n) is 6.97. The summed E-state index contributed by atoms with van der Waals surface area (Å²) in [6, 6.07) is 9.28. The van der Waals surface area contributed by atoms with Crippen LogP contribution in [0.15, 0.2) is 48.2 Å². The zero-order valence-electron chi connectivity index (χ0n) is 20.9. The second-order valence-electron chi connectivity index (χ2n) is 9.21. The molecular weight excluding hydrogens is 476 g/mol. The van der Waals surface area contributed by atoms with Crippen LogP contribution in [0.1, 0.15) is 29.4 Å². The van der Waals surface area contributed by atoms with E-state index in [0.29, 0.717) is 48.8 Å². The molecule has 2 N–H and O–H groups in total. The van der Waals surface area contributed by atoms with Crippen LogP contribution >= 0.6 is 0 Å². The van der Waals surface area contributed by atoms with E-state index in [9.17, 15) is 19.8 Å². The Morgan fingerprint density at radius 3 is 2.70 bits per heavy atom. The van der Waals surface area contributed by atoms with E-state index >= 15 is 0 Å². The number of amides is 1. The number of phenols is 1. The monoisotopic (exact) mass is 506 g/mol. The average molecular weight is 507 g/mol. The molecule has 3 aromatic rings. The van der Waals surface area contributed by atoms with Gasteiger partial charge in [0.2, 0.25) is 0 Å². The van der Waals surface area contributed by atoms with Crippen LogP contribution in [0.5, 0.6) is 11.5 Å². The van der Waals surface area contributed by atoms with E-state index in [4.69, 9.17) is 9.47 Å². The number of aromatic hydroxyl groups is 1. The van der Waals surface area contributed by atoms with Crippen molar-refractivity contribution >= 4 is 23.1 Å². The molecule has 1 aromatic carbocycles. The van der Waals surface area contributed by atoms with Crippen LogP contribution in [0.25, 0.3) is 11.4 Å². The molecule has 37 heavy (non-hydrogen) atoms. The molecule has 2 aliphatic heterocycles. The van der Waals surface area contributed by atoms with Gasteiger partial charge in [0.25, 0.3) is 11.7 Å². The molecular formula is C27H30N4O6. The van der Waals surface area contributed by atoms with Gasteiger partial charge in [-0.3, -0.25) is 18.9 Å². The lowest BCUT2D eigenvalue weighted by Crippen LogP contribution is -2.38. The number of ketones is 1. The number of ether oxygens (including phenoxy) is 2. The number of benzene rings is 1. The third kappa shape index (κ3) is 4.54. The van der Waals surface area contributed by atoms with Gasteiger partial charge >= 0.3 is 0 Å². The van der Waals surface area contributed by atoms with Gasteiger partial charge in [-0.1, -0.05) is 12.1 Å². The second kappa shape index (κ2) is 10.2. The predicted octanol–water partition coefficient (Wildman–Crippen LogP) is 2.50. The first-order valence-corrected chi connectivity index (χ1v) is 12.3. The van der Waals surface area contributed by atoms with Crippen molar-refractivity contribution in [2.75, 3.05) is 46.5 Å². The Balaban J connectivity index is 1.58. The highest BCUT2D eigenvalue weighted by atomic mass is 16.5. The molecule has 0 spiro atoms. The summed E-state index contributed by atoms with van der Waals surface area (Å²) in [5.74, 6) is -1.57. The number of Topliss-reactive ketones (excluding diaryl/α,β-unsaturated/α-hetero) is 1. The minimum Gasteiger partial charge on any atom is -0.505 e. The third-order valence-corrected chi connectivity index (χ3v) is 6.97. The van der Waals surface area contributed by atoms with Crippen LogP contribution in [0.4, 0.5) is 0 Å². The van der Waals surface area contributed by atoms with E-state index in [1.165, 1.54) is 18.1 Å². The summed E-state index contributed by atoms with van der Waals surface area (Å²) >= 11 is 0. The standard InChI is InChI=1S/C27H30N4O6/c1-17-23(30-10-4-3-6-21(30)28-17)25(33)22-24(18-7-8-19(32)20(16-18)36-2)31(27(35)26(22)34)11-5-9-29-12-14-37-15-13-29/h3-4,6-8,10,16,24,32-33H,5,9,11-15H2,1-2H3. The Hall–Kier alpha value is -3.89. The van der Waals surface area contributed by atoms with Crippen molar-refractivity contribution in [3.63, 3.8) is 0 Å². The number of hydrogen-bond donors (Lipinski definition) is 2. The van der Waals surface area contributed by atoms with Gasteiger partial charge < -0.3 is 24.6 Å². The van der Waals surface area contributed by atoms with Gasteiger partial charge in [-0.25, -0.2) is 4.98 Å². The number of pyridine rings is 1. The summed E-state index contributed by atoms with van der Waals surface area (Å²) in [5.41, 5.74) is 2.04. The Bertz CT molecular complexity index is 1370. The van der Waals surface area contributed by atoms with E-state index in [1.807, 2.05) is 6.07 Å². The lowest BCUT2D eigenvalue weighted by atomic mass is 9.95. The molecule has 0 radical (unpaired) electrons. The number of carbonyl (C=O) groups excluding carboxylic acids is 2. The molecule has 10 nitrogen and oxygen atoms in total. The molecule has 0 aliphatic carbocycles. The topological polar surface area (TPSA) is 117 Å². The van der Waals surface area contributed by atoms with Gasteiger partial charge in [-0.05, 0) is 43.2 Å². The summed E-state index contributed by atoms with van der Waals surface area (Å²) < 4.78 is 12.4. The molecule has 10 heteroatoms. The van der Waals surface area contributed by atoms with E-state index < -0.39 is 17.7 Å². The van der Waals surface area contributed by atoms with E-state index in [2.05, 4.69) is 9.88 Å². The maximum Gasteiger partial charge on any atom is 0.295 e. The largest absolute Gasteiger partial charge is 0.505 e. The first-order chi connectivity index (χ1) is 17.9. The maximum absolute atomic E-state index is 13.4. The number of methoxy groups -OCH3 is 1. The van der Waals surface area contributed by atoms with Crippen LogP contribution in [0.2, 0.25) is 0 Å². The molecule has 4 heterocycles. The van der Waals surface area contributed by atoms with Gasteiger partial charge in [0.1, 0.15) is 11.3 Å². The van der Waals surface area contributed by atoms with E-state index in [1.54, 1.807) is 41.8 Å². The molecule has 2 saturated heterocycles. The molecule has 194 valence electrons. The minimum atomic E-state index is -0.854. The Kier molecular flexibility index (Phi) is 6.86. The zero-order chi connectivity index (χ0) is 26.1. The van der Waals surface area contributed by atoms with Crippen LogP contribution in [-0.4, -0.2) is 87.6 Å². The van der Waals surface area contributed by atoms with Gasteiger partial charge in [0, 0.05) is 32.4 Å². The fraction of sp³-hybridized carbons (Fsp3) is 0.370. The summed E-state index contributed by atoms with van der Waals surface area (Å²) in [6.07, 6.45) is 2.40. The van der Waals surface area contributed by atoms with Crippen LogP contribution in [0, 0.1) is 6.92 Å². The van der Waals surface area contributed by atoms with Crippen molar-refractivity contribution in [1.82, 2.24) is 19.2 Å². The van der Waals surface area contributed by atoms with Crippen molar-refractivity contribution in [1.29, 1.82) is 0 Å². The van der Waals surface area contributed by atoms with Crippen molar-refractivity contribution in [3.8, 4) is 11.5 Å². The highest BCUT2D eigenvalue weighted by Gasteiger charge is 2.46. The molecule has 0 bridgehead atoms. The van der Waals surface area contributed by atoms with Crippen LogP contribution < -0.4 is 4.74 Å². The lowest BCUT2D eigenvalue weighted by molar-refractivity contribution is -0.140. The molecule has 0 saturated carbocycles. The lowest BCUT2D eigenvalue weighted by Gasteiger charge is -2.29. The zero-order valence-corrected chi connectivity index (χ0v) is 20.9. The predicted molar refractivity (Wildman–Crippen MR) is 135 cm³/mol. The number of aryl methyl sites for hydroxylation is 1. The molecule has 1 unspecified atom stereocenters. The number of likely N-dealkylation sites (tertiary alicyclic amines) is 1. The van der Waals surface area contributed by atoms with Crippen LogP contribution in [-0.2, 0) is 14.3 Å². The van der Waals surface area contributed by atoms with E-state index in [-0.39, 0.29) is 22.8 Å². The number of aromatic nitrogens is 2. The van der Waals surface area contributed by atoms with Crippen molar-refractivity contribution in [2.24, 2.45) is 0 Å². The highest BCUT2D eigenvalue weighted by Crippen LogP contribution is 2.42. The number of aliphatic hydroxyl groups excluding tert-OH is 1. The van der Waals surface area contributed by atoms with Crippen LogP contribution in [0.3, 0.4) is 0 Å². The fourth-order valence-corrected chi connectivity index (χ4v) is 5.14. The molecule has 2 aliphatic rings. The van der Waals surface area contributed by atoms with Gasteiger partial charge in [-0.2, -0.15) is 0 Å². The number of phenolic OH excluding ortho intramolecular Hbond substituents is 1. The number of imidazole rings is 1. The summed E-state index contributed by atoms with van der Waals surface area (Å²) in [7, 11) is 1.43. The number of rotatable bonds is 7. The highest BCUT2D eigenvalue weighted by molar-refractivity contribution is 6.46. The van der Waals surface area contributed by atoms with Crippen molar-refractivity contribution < 1.29 is 29.3 Å². The first kappa shape index (κ1) is 24.8. The van der Waals surface area contributed by atoms with Gasteiger partial charge in [0.05, 0.1) is 37.6 Å². The van der Waals surface area contributed by atoms with Gasteiger partial charge in [-0.15, -0.1) is 0 Å². The molecule has 1 amide bonds. The SMILES string of the molecule is COc1cc(C2C(=C(O)c3c(C)nc4ccccn34)C(=O)C(=O)N2CCCN2CCOCC2)ccc1O. The van der Waals surface area contributed by atoms with Crippen molar-refractivity contribution in [2.45, 2.75) is 19.4 Å². The Labute approximate surface area is 214 Å². The number of aliphatic hydroxyl groups is 1. The summed E-state index contributed by atoms with van der Waals surface area (Å²) in [6.45, 7) is 5.82. The Morgan fingerprint density at radius 2 is 1.95 bits per heavy atom. The molecule has 2 fully saturated rings. The molecule has 5 rings (SSSR count). The molecule has 1 atom stereocenters. The number of hydrogen-bond acceptors (Lipinski definition) is 8. The quantitative estimate of drug-likeness (QED) is 0.285. The second-order valence-corrected chi connectivity index (χ2v) is 9.21. The smallest absolute Gasteiger partial charge is 0.295 e. The van der Waals surface area contributed by atoms with Crippen molar-refractivity contribution in [3.05, 3.63) is 65.1 Å². The Morgan fingerprint density at radius 1 is 1.16 bits per heavy atom. The molecule has 2 aromatic heterocycles. The number of carbonyl (C=O) groups is 2. The number of nitrogens with zero attached hydrogens (tertiary/aromatic N) is 4. The van der Waals surface area contributed by atoms with Gasteiger partial charge in [0.15, 0.2) is 17.3 Å². The normalized spacial score (nSPS) is 20.2. The first-order valence-electron chi connectivity index (χ1n) is 12.3. The summed E-state index contributed by atoms with van der Waals surface area (Å²) in [5, 5.41) is 21.7. The number of fused-ring (bicyclic) bond motifs is 1. The maximum atomic E-state index is 13.4. The average Bonchev–Trinajstić information content (AvgIpc) is 3.37. The van der Waals surface area contributed by atoms with E-state index in [0.717, 1.165) is 19.6 Å². The summed E-state index contributed by atoms with van der Waals surface area (Å²) in [4.78, 5) is 35.0. The number of morpholine rings is 1. The fourth-order valence-electron chi connectivity index (χ4n) is 5.14.